The molecular weight excluding hydrogens is 293 g/mol. The smallest absolute Gasteiger partial charge is 0.329 e. The molecule has 0 fully saturated rings. The van der Waals surface area contributed by atoms with E-state index in [-0.39, 0.29) is 18.1 Å². The Morgan fingerprint density at radius 1 is 1.28 bits per heavy atom. The van der Waals surface area contributed by atoms with Crippen LogP contribution in [-0.2, 0) is 16.2 Å². The van der Waals surface area contributed by atoms with Crippen LogP contribution in [0.2, 0.25) is 5.02 Å². The molecule has 0 aliphatic rings. The Labute approximate surface area is 107 Å². The number of alkyl halides is 3. The van der Waals surface area contributed by atoms with E-state index in [2.05, 4.69) is 4.72 Å². The number of hydrogen-bond donors (Lipinski definition) is 2. The number of nitrogens with one attached hydrogen (secondary N) is 1. The zero-order valence-electron chi connectivity index (χ0n) is 8.96. The van der Waals surface area contributed by atoms with E-state index >= 15 is 0 Å². The molecule has 0 saturated carbocycles. The molecule has 0 amide bonds. The summed E-state index contributed by atoms with van der Waals surface area (Å²) in [4.78, 5) is -0.546. The Morgan fingerprint density at radius 2 is 1.89 bits per heavy atom. The van der Waals surface area contributed by atoms with Crippen LogP contribution in [-0.4, -0.2) is 21.5 Å². The van der Waals surface area contributed by atoms with Gasteiger partial charge in [-0.3, -0.25) is 0 Å². The van der Waals surface area contributed by atoms with Gasteiger partial charge in [0, 0.05) is 18.1 Å². The molecule has 1 aromatic carbocycles. The maximum Gasteiger partial charge on any atom is 0.416 e. The molecule has 102 valence electrons. The molecule has 0 spiro atoms. The highest BCUT2D eigenvalue weighted by molar-refractivity contribution is 7.89. The number of rotatable bonds is 4. The number of halogens is 4. The summed E-state index contributed by atoms with van der Waals surface area (Å²) in [6.45, 7) is -0.0396. The van der Waals surface area contributed by atoms with Gasteiger partial charge in [-0.05, 0) is 18.2 Å². The summed E-state index contributed by atoms with van der Waals surface area (Å²) in [6.07, 6.45) is -4.66. The van der Waals surface area contributed by atoms with Crippen LogP contribution < -0.4 is 10.5 Å². The van der Waals surface area contributed by atoms with Gasteiger partial charge in [0.2, 0.25) is 10.0 Å². The molecule has 0 unspecified atom stereocenters. The molecular formula is C9H10ClF3N2O2S. The molecule has 0 bridgehead atoms. The van der Waals surface area contributed by atoms with Gasteiger partial charge < -0.3 is 5.73 Å². The second kappa shape index (κ2) is 5.43. The largest absolute Gasteiger partial charge is 0.416 e. The molecule has 0 aromatic heterocycles. The van der Waals surface area contributed by atoms with Crippen LogP contribution in [0.15, 0.2) is 23.1 Å². The first-order valence-corrected chi connectivity index (χ1v) is 6.60. The summed E-state index contributed by atoms with van der Waals surface area (Å²) in [6, 6.07) is 2.11. The highest BCUT2D eigenvalue weighted by Crippen LogP contribution is 2.32. The molecule has 9 heteroatoms. The van der Waals surface area contributed by atoms with E-state index in [0.29, 0.717) is 12.1 Å². The fraction of sp³-hybridized carbons (Fsp3) is 0.333. The second-order valence-corrected chi connectivity index (χ2v) is 5.56. The van der Waals surface area contributed by atoms with Crippen LogP contribution in [0, 0.1) is 0 Å². The monoisotopic (exact) mass is 302 g/mol. The minimum atomic E-state index is -4.66. The van der Waals surface area contributed by atoms with E-state index in [9.17, 15) is 21.6 Å². The van der Waals surface area contributed by atoms with Crippen LogP contribution in [0.25, 0.3) is 0 Å². The van der Waals surface area contributed by atoms with Crippen LogP contribution >= 0.6 is 11.6 Å². The summed E-state index contributed by atoms with van der Waals surface area (Å²) in [5.74, 6) is 0. The zero-order chi connectivity index (χ0) is 14.0. The first-order valence-electron chi connectivity index (χ1n) is 4.74. The lowest BCUT2D eigenvalue weighted by atomic mass is 10.2. The van der Waals surface area contributed by atoms with Crippen LogP contribution in [0.1, 0.15) is 5.56 Å². The highest BCUT2D eigenvalue weighted by Gasteiger charge is 2.32. The van der Waals surface area contributed by atoms with Crippen molar-refractivity contribution in [2.24, 2.45) is 5.73 Å². The van der Waals surface area contributed by atoms with Crippen molar-refractivity contribution in [3.63, 3.8) is 0 Å². The predicted octanol–water partition coefficient (Wildman–Crippen LogP) is 1.60. The molecule has 0 atom stereocenters. The summed E-state index contributed by atoms with van der Waals surface area (Å²) in [5.41, 5.74) is 3.99. The highest BCUT2D eigenvalue weighted by atomic mass is 35.5. The molecule has 4 nitrogen and oxygen atoms in total. The topological polar surface area (TPSA) is 72.2 Å². The van der Waals surface area contributed by atoms with Crippen molar-refractivity contribution in [3.05, 3.63) is 28.8 Å². The Kier molecular flexibility index (Phi) is 4.60. The molecule has 0 radical (unpaired) electrons. The maximum absolute atomic E-state index is 12.5. The SMILES string of the molecule is NCCNS(=O)(=O)c1cc(Cl)cc(C(F)(F)F)c1. The van der Waals surface area contributed by atoms with Crippen molar-refractivity contribution in [2.75, 3.05) is 13.1 Å². The van der Waals surface area contributed by atoms with Gasteiger partial charge in [-0.15, -0.1) is 0 Å². The average Bonchev–Trinajstić information content (AvgIpc) is 2.24. The van der Waals surface area contributed by atoms with Crippen molar-refractivity contribution in [2.45, 2.75) is 11.1 Å². The Morgan fingerprint density at radius 3 is 2.39 bits per heavy atom. The third-order valence-corrected chi connectivity index (χ3v) is 3.60. The number of hydrogen-bond acceptors (Lipinski definition) is 3. The van der Waals surface area contributed by atoms with Gasteiger partial charge in [-0.25, -0.2) is 13.1 Å². The molecule has 1 rings (SSSR count). The lowest BCUT2D eigenvalue weighted by Gasteiger charge is -2.10. The van der Waals surface area contributed by atoms with E-state index in [1.165, 1.54) is 0 Å². The fourth-order valence-corrected chi connectivity index (χ4v) is 2.58. The van der Waals surface area contributed by atoms with Gasteiger partial charge >= 0.3 is 6.18 Å². The van der Waals surface area contributed by atoms with E-state index in [1.807, 2.05) is 0 Å². The second-order valence-electron chi connectivity index (χ2n) is 3.36. The minimum Gasteiger partial charge on any atom is -0.329 e. The molecule has 0 aliphatic heterocycles. The first kappa shape index (κ1) is 15.2. The minimum absolute atomic E-state index is 0.0337. The maximum atomic E-state index is 12.5. The molecule has 18 heavy (non-hydrogen) atoms. The van der Waals surface area contributed by atoms with Crippen LogP contribution in [0.3, 0.4) is 0 Å². The third-order valence-electron chi connectivity index (χ3n) is 1.95. The van der Waals surface area contributed by atoms with Gasteiger partial charge in [0.1, 0.15) is 0 Å². The first-order chi connectivity index (χ1) is 8.16. The van der Waals surface area contributed by atoms with Gasteiger partial charge in [-0.2, -0.15) is 13.2 Å². The molecule has 0 aliphatic carbocycles. The Balaban J connectivity index is 3.22. The Hall–Kier alpha value is -0.830. The van der Waals surface area contributed by atoms with E-state index < -0.39 is 26.7 Å². The normalized spacial score (nSPS) is 12.7. The van der Waals surface area contributed by atoms with Crippen molar-refractivity contribution in [1.29, 1.82) is 0 Å². The number of nitrogens with two attached hydrogens (primary N) is 1. The fourth-order valence-electron chi connectivity index (χ4n) is 1.16. The standard InChI is InChI=1S/C9H10ClF3N2O2S/c10-7-3-6(9(11,12)13)4-8(5-7)18(16,17)15-2-1-14/h3-5,15H,1-2,14H2. The molecule has 0 heterocycles. The summed E-state index contributed by atoms with van der Waals surface area (Å²) < 4.78 is 62.8. The molecule has 0 saturated heterocycles. The van der Waals surface area contributed by atoms with Crippen LogP contribution in [0.4, 0.5) is 13.2 Å². The number of sulfonamides is 1. The Bertz CT molecular complexity index is 531. The van der Waals surface area contributed by atoms with Crippen molar-refractivity contribution >= 4 is 21.6 Å². The lowest BCUT2D eigenvalue weighted by molar-refractivity contribution is -0.137. The quantitative estimate of drug-likeness (QED) is 0.887. The van der Waals surface area contributed by atoms with Gasteiger partial charge in [0.05, 0.1) is 10.5 Å². The number of benzene rings is 1. The summed E-state index contributed by atoms with van der Waals surface area (Å²) in [5, 5.41) is -0.307. The van der Waals surface area contributed by atoms with Crippen molar-refractivity contribution in [3.8, 4) is 0 Å². The van der Waals surface area contributed by atoms with E-state index in [0.717, 1.165) is 6.07 Å². The van der Waals surface area contributed by atoms with Crippen molar-refractivity contribution < 1.29 is 21.6 Å². The van der Waals surface area contributed by atoms with Gasteiger partial charge in [0.15, 0.2) is 0 Å². The lowest BCUT2D eigenvalue weighted by Crippen LogP contribution is -2.29. The summed E-state index contributed by atoms with van der Waals surface area (Å²) in [7, 11) is -4.04. The van der Waals surface area contributed by atoms with Gasteiger partial charge in [-0.1, -0.05) is 11.6 Å². The zero-order valence-corrected chi connectivity index (χ0v) is 10.5. The summed E-state index contributed by atoms with van der Waals surface area (Å²) >= 11 is 5.48. The molecule has 1 aromatic rings. The van der Waals surface area contributed by atoms with Crippen LogP contribution in [0.5, 0.6) is 0 Å². The third kappa shape index (κ3) is 3.84. The van der Waals surface area contributed by atoms with E-state index in [4.69, 9.17) is 17.3 Å². The van der Waals surface area contributed by atoms with Gasteiger partial charge in [0.25, 0.3) is 0 Å². The average molecular weight is 303 g/mol. The predicted molar refractivity (Wildman–Crippen MR) is 60.7 cm³/mol. The molecule has 3 N–H and O–H groups in total. The van der Waals surface area contributed by atoms with Crippen molar-refractivity contribution in [1.82, 2.24) is 4.72 Å². The van der Waals surface area contributed by atoms with E-state index in [1.54, 1.807) is 0 Å².